The highest BCUT2D eigenvalue weighted by atomic mass is 16.1. The molecule has 1 atom stereocenters. The van der Waals surface area contributed by atoms with Crippen LogP contribution in [-0.2, 0) is 4.79 Å². The van der Waals surface area contributed by atoms with Crippen LogP contribution >= 0.6 is 0 Å². The molecule has 0 radical (unpaired) electrons. The second-order valence-electron chi connectivity index (χ2n) is 2.94. The largest absolute Gasteiger partial charge is 0.367 e. The molecule has 4 heteroatoms. The number of amides is 1. The van der Waals surface area contributed by atoms with E-state index in [1.54, 1.807) is 0 Å². The summed E-state index contributed by atoms with van der Waals surface area (Å²) in [4.78, 5) is 12.6. The van der Waals surface area contributed by atoms with Crippen LogP contribution in [0.25, 0.3) is 0 Å². The molecule has 1 unspecified atom stereocenters. The van der Waals surface area contributed by atoms with Crippen LogP contribution in [0.3, 0.4) is 0 Å². The maximum atomic E-state index is 10.7. The minimum Gasteiger partial charge on any atom is -0.367 e. The molecule has 0 aromatic carbocycles. The van der Waals surface area contributed by atoms with Gasteiger partial charge in [0.25, 0.3) is 0 Å². The molecule has 1 fully saturated rings. The molecule has 0 saturated carbocycles. The fourth-order valence-corrected chi connectivity index (χ4v) is 1.38. The van der Waals surface area contributed by atoms with E-state index in [4.69, 9.17) is 11.5 Å². The van der Waals surface area contributed by atoms with Crippen molar-refractivity contribution in [2.75, 3.05) is 13.1 Å². The van der Waals surface area contributed by atoms with Crippen molar-refractivity contribution < 1.29 is 4.79 Å². The first kappa shape index (κ1) is 8.49. The third-order valence-electron chi connectivity index (χ3n) is 2.08. The van der Waals surface area contributed by atoms with Gasteiger partial charge < -0.3 is 11.5 Å². The molecule has 0 aliphatic carbocycles. The van der Waals surface area contributed by atoms with Gasteiger partial charge in [-0.1, -0.05) is 6.42 Å². The molecule has 0 bridgehead atoms. The number of hydrogen-bond donors (Lipinski definition) is 2. The first-order valence-electron chi connectivity index (χ1n) is 4.01. The van der Waals surface area contributed by atoms with Crippen LogP contribution in [0.1, 0.15) is 19.3 Å². The molecular weight excluding hydrogens is 142 g/mol. The minimum atomic E-state index is -0.574. The van der Waals surface area contributed by atoms with Crippen molar-refractivity contribution in [3.05, 3.63) is 0 Å². The van der Waals surface area contributed by atoms with Gasteiger partial charge >= 0.3 is 0 Å². The van der Waals surface area contributed by atoms with Crippen LogP contribution < -0.4 is 11.5 Å². The van der Waals surface area contributed by atoms with E-state index in [0.717, 1.165) is 25.9 Å². The smallest absolute Gasteiger partial charge is 0.249 e. The summed E-state index contributed by atoms with van der Waals surface area (Å²) in [6.45, 7) is 1.81. The molecule has 0 aromatic rings. The highest BCUT2D eigenvalue weighted by Gasteiger charge is 2.20. The molecular formula is C7H15N3O. The minimum absolute atomic E-state index is 0.424. The zero-order chi connectivity index (χ0) is 8.27. The number of nitrogens with two attached hydrogens (primary N) is 2. The maximum Gasteiger partial charge on any atom is 0.249 e. The van der Waals surface area contributed by atoms with Crippen molar-refractivity contribution in [2.24, 2.45) is 11.5 Å². The third kappa shape index (κ3) is 2.17. The van der Waals surface area contributed by atoms with E-state index >= 15 is 0 Å². The van der Waals surface area contributed by atoms with Gasteiger partial charge in [-0.25, -0.2) is 0 Å². The fraction of sp³-hybridized carbons (Fsp3) is 0.857. The van der Waals surface area contributed by atoms with Gasteiger partial charge in [0, 0.05) is 13.1 Å². The van der Waals surface area contributed by atoms with E-state index in [2.05, 4.69) is 0 Å². The number of likely N-dealkylation sites (tertiary alicyclic amines) is 1. The maximum absolute atomic E-state index is 10.7. The molecule has 4 N–H and O–H groups in total. The van der Waals surface area contributed by atoms with Crippen LogP contribution in [0.5, 0.6) is 0 Å². The Hall–Kier alpha value is -0.610. The molecule has 1 amide bonds. The van der Waals surface area contributed by atoms with E-state index in [1.165, 1.54) is 6.42 Å². The Balaban J connectivity index is 2.38. The molecule has 11 heavy (non-hydrogen) atoms. The number of primary amides is 1. The standard InChI is InChI=1S/C7H15N3O/c8-6(7(9)11)10-4-2-1-3-5-10/h6H,1-5,8H2,(H2,9,11). The zero-order valence-electron chi connectivity index (χ0n) is 6.62. The Labute approximate surface area is 66.5 Å². The van der Waals surface area contributed by atoms with Gasteiger partial charge in [0.2, 0.25) is 5.91 Å². The summed E-state index contributed by atoms with van der Waals surface area (Å²) >= 11 is 0. The Bertz CT molecular complexity index is 143. The first-order valence-corrected chi connectivity index (χ1v) is 4.01. The first-order chi connectivity index (χ1) is 5.22. The summed E-state index contributed by atoms with van der Waals surface area (Å²) in [5, 5.41) is 0. The van der Waals surface area contributed by atoms with E-state index in [9.17, 15) is 4.79 Å². The van der Waals surface area contributed by atoms with Gasteiger partial charge in [0.05, 0.1) is 0 Å². The van der Waals surface area contributed by atoms with E-state index in [-0.39, 0.29) is 0 Å². The van der Waals surface area contributed by atoms with Crippen molar-refractivity contribution in [1.29, 1.82) is 0 Å². The van der Waals surface area contributed by atoms with Crippen LogP contribution in [0.2, 0.25) is 0 Å². The summed E-state index contributed by atoms with van der Waals surface area (Å²) in [5.41, 5.74) is 10.6. The summed E-state index contributed by atoms with van der Waals surface area (Å²) in [6.07, 6.45) is 2.92. The van der Waals surface area contributed by atoms with Crippen LogP contribution in [-0.4, -0.2) is 30.1 Å². The Morgan fingerprint density at radius 2 is 1.82 bits per heavy atom. The molecule has 64 valence electrons. The predicted octanol–water partition coefficient (Wildman–Crippen LogP) is -0.758. The van der Waals surface area contributed by atoms with Crippen LogP contribution in [0, 0.1) is 0 Å². The lowest BCUT2D eigenvalue weighted by molar-refractivity contribution is -0.123. The van der Waals surface area contributed by atoms with Crippen molar-refractivity contribution >= 4 is 5.91 Å². The number of rotatable bonds is 2. The topological polar surface area (TPSA) is 72.3 Å². The highest BCUT2D eigenvalue weighted by Crippen LogP contribution is 2.09. The van der Waals surface area contributed by atoms with E-state index in [0.29, 0.717) is 0 Å². The average Bonchev–Trinajstić information content (AvgIpc) is 2.05. The second-order valence-corrected chi connectivity index (χ2v) is 2.94. The molecule has 1 aliphatic heterocycles. The lowest BCUT2D eigenvalue weighted by Gasteiger charge is -2.29. The van der Waals surface area contributed by atoms with Crippen molar-refractivity contribution in [3.8, 4) is 0 Å². The van der Waals surface area contributed by atoms with Gasteiger partial charge in [0.15, 0.2) is 0 Å². The quantitative estimate of drug-likeness (QED) is 0.553. The molecule has 0 aromatic heterocycles. The summed E-state index contributed by atoms with van der Waals surface area (Å²) in [7, 11) is 0. The SMILES string of the molecule is NC(=O)C(N)N1CCCCC1. The van der Waals surface area contributed by atoms with E-state index < -0.39 is 12.1 Å². The van der Waals surface area contributed by atoms with Crippen LogP contribution in [0.15, 0.2) is 0 Å². The third-order valence-corrected chi connectivity index (χ3v) is 2.08. The fourth-order valence-electron chi connectivity index (χ4n) is 1.38. The summed E-state index contributed by atoms with van der Waals surface area (Å²) < 4.78 is 0. The lowest BCUT2D eigenvalue weighted by atomic mass is 10.1. The normalized spacial score (nSPS) is 23.0. The number of nitrogens with zero attached hydrogens (tertiary/aromatic N) is 1. The number of piperidine rings is 1. The summed E-state index contributed by atoms with van der Waals surface area (Å²) in [5.74, 6) is -0.424. The Morgan fingerprint density at radius 3 is 2.27 bits per heavy atom. The van der Waals surface area contributed by atoms with Gasteiger partial charge in [0.1, 0.15) is 6.17 Å². The summed E-state index contributed by atoms with van der Waals surface area (Å²) in [6, 6.07) is 0. The number of hydrogen-bond acceptors (Lipinski definition) is 3. The monoisotopic (exact) mass is 157 g/mol. The second kappa shape index (κ2) is 3.69. The van der Waals surface area contributed by atoms with Crippen molar-refractivity contribution in [1.82, 2.24) is 4.90 Å². The van der Waals surface area contributed by atoms with Gasteiger partial charge in [-0.05, 0) is 12.8 Å². The number of carbonyl (C=O) groups excluding carboxylic acids is 1. The molecule has 1 heterocycles. The van der Waals surface area contributed by atoms with Gasteiger partial charge in [-0.15, -0.1) is 0 Å². The van der Waals surface area contributed by atoms with Crippen molar-refractivity contribution in [2.45, 2.75) is 25.4 Å². The Morgan fingerprint density at radius 1 is 1.27 bits per heavy atom. The van der Waals surface area contributed by atoms with Gasteiger partial charge in [-0.2, -0.15) is 0 Å². The predicted molar refractivity (Wildman–Crippen MR) is 42.6 cm³/mol. The van der Waals surface area contributed by atoms with E-state index in [1.807, 2.05) is 4.90 Å². The molecule has 0 spiro atoms. The highest BCUT2D eigenvalue weighted by molar-refractivity contribution is 5.79. The number of carbonyl (C=O) groups is 1. The van der Waals surface area contributed by atoms with Crippen LogP contribution in [0.4, 0.5) is 0 Å². The zero-order valence-corrected chi connectivity index (χ0v) is 6.62. The van der Waals surface area contributed by atoms with Crippen molar-refractivity contribution in [3.63, 3.8) is 0 Å². The average molecular weight is 157 g/mol. The molecule has 1 rings (SSSR count). The molecule has 1 saturated heterocycles. The molecule has 1 aliphatic rings. The molecule has 4 nitrogen and oxygen atoms in total. The Kier molecular flexibility index (Phi) is 2.84. The van der Waals surface area contributed by atoms with Gasteiger partial charge in [-0.3, -0.25) is 9.69 Å². The lowest BCUT2D eigenvalue weighted by Crippen LogP contribution is -2.52.